The molecule has 1 unspecified atom stereocenters. The number of nitrogens with two attached hydrogens (primary N) is 1. The maximum atomic E-state index is 10.6. The van der Waals surface area contributed by atoms with Crippen LogP contribution >= 0.6 is 0 Å². The summed E-state index contributed by atoms with van der Waals surface area (Å²) in [6.07, 6.45) is 12.2. The number of unbranched alkanes of at least 4 members (excludes halogenated alkanes) is 7. The summed E-state index contributed by atoms with van der Waals surface area (Å²) in [4.78, 5) is 8.89. The van der Waals surface area contributed by atoms with E-state index in [4.69, 9.17) is 10.5 Å². The van der Waals surface area contributed by atoms with Crippen LogP contribution in [0.25, 0.3) is 11.3 Å². The molecule has 1 aliphatic rings. The zero-order valence-corrected chi connectivity index (χ0v) is 18.9. The summed E-state index contributed by atoms with van der Waals surface area (Å²) in [6.45, 7) is 4.81. The molecule has 6 nitrogen and oxygen atoms in total. The van der Waals surface area contributed by atoms with Crippen molar-refractivity contribution >= 4 is 5.95 Å². The van der Waals surface area contributed by atoms with Crippen molar-refractivity contribution in [3.8, 4) is 22.8 Å². The van der Waals surface area contributed by atoms with Gasteiger partial charge in [-0.3, -0.25) is 0 Å². The normalized spacial score (nSPS) is 16.4. The van der Waals surface area contributed by atoms with Crippen molar-refractivity contribution in [3.05, 3.63) is 30.0 Å². The van der Waals surface area contributed by atoms with Crippen molar-refractivity contribution in [2.75, 3.05) is 25.4 Å². The van der Waals surface area contributed by atoms with Gasteiger partial charge in [0.25, 0.3) is 0 Å². The van der Waals surface area contributed by atoms with Crippen LogP contribution in [-0.2, 0) is 0 Å². The van der Waals surface area contributed by atoms with Gasteiger partial charge in [-0.2, -0.15) is 0 Å². The minimum absolute atomic E-state index is 0.152. The number of phenols is 1. The molecule has 2 heterocycles. The number of nitrogens with zero attached hydrogens (tertiary/aromatic N) is 2. The predicted octanol–water partition coefficient (Wildman–Crippen LogP) is 5.42. The number of aromatic nitrogens is 2. The number of nitrogens with one attached hydrogen (secondary N) is 1. The third-order valence-corrected chi connectivity index (χ3v) is 5.99. The second-order valence-corrected chi connectivity index (χ2v) is 8.55. The number of benzene rings is 1. The number of hydrogen-bond donors (Lipinski definition) is 3. The van der Waals surface area contributed by atoms with Gasteiger partial charge in [-0.15, -0.1) is 0 Å². The molecule has 4 N–H and O–H groups in total. The first-order chi connectivity index (χ1) is 15.2. The Morgan fingerprint density at radius 1 is 1.10 bits per heavy atom. The number of rotatable bonds is 12. The SMILES string of the molecule is CCCCCCCCCCOc1cccc(O)c1-c1cc(C2CCCNC2)nc(N)n1. The van der Waals surface area contributed by atoms with Gasteiger partial charge >= 0.3 is 0 Å². The lowest BCUT2D eigenvalue weighted by Gasteiger charge is -2.23. The zero-order valence-electron chi connectivity index (χ0n) is 18.9. The molecule has 0 aliphatic carbocycles. The molecule has 1 aromatic heterocycles. The van der Waals surface area contributed by atoms with Crippen LogP contribution in [0.4, 0.5) is 5.95 Å². The van der Waals surface area contributed by atoms with E-state index in [1.54, 1.807) is 12.1 Å². The predicted molar refractivity (Wildman–Crippen MR) is 126 cm³/mol. The average Bonchev–Trinajstić information content (AvgIpc) is 2.78. The summed E-state index contributed by atoms with van der Waals surface area (Å²) in [5.41, 5.74) is 8.18. The van der Waals surface area contributed by atoms with E-state index >= 15 is 0 Å². The number of ether oxygens (including phenoxy) is 1. The molecular formula is C25H38N4O2. The van der Waals surface area contributed by atoms with Gasteiger partial charge in [0.15, 0.2) is 0 Å². The largest absolute Gasteiger partial charge is 0.507 e. The second kappa shape index (κ2) is 12.5. The average molecular weight is 427 g/mol. The van der Waals surface area contributed by atoms with Gasteiger partial charge in [0.1, 0.15) is 11.5 Å². The summed E-state index contributed by atoms with van der Waals surface area (Å²) in [5.74, 6) is 1.34. The molecule has 1 fully saturated rings. The molecule has 0 bridgehead atoms. The fraction of sp³-hybridized carbons (Fsp3) is 0.600. The monoisotopic (exact) mass is 426 g/mol. The molecule has 0 radical (unpaired) electrons. The van der Waals surface area contributed by atoms with Crippen LogP contribution in [0, 0.1) is 0 Å². The van der Waals surface area contributed by atoms with Gasteiger partial charge in [-0.05, 0) is 44.0 Å². The lowest BCUT2D eigenvalue weighted by atomic mass is 9.94. The highest BCUT2D eigenvalue weighted by molar-refractivity contribution is 5.74. The van der Waals surface area contributed by atoms with Crippen LogP contribution in [0.5, 0.6) is 11.5 Å². The molecule has 0 saturated carbocycles. The first-order valence-electron chi connectivity index (χ1n) is 12.0. The fourth-order valence-corrected chi connectivity index (χ4v) is 4.24. The third kappa shape index (κ3) is 7.10. The van der Waals surface area contributed by atoms with Crippen LogP contribution < -0.4 is 15.8 Å². The molecular weight excluding hydrogens is 388 g/mol. The van der Waals surface area contributed by atoms with E-state index in [0.717, 1.165) is 38.0 Å². The van der Waals surface area contributed by atoms with E-state index < -0.39 is 0 Å². The van der Waals surface area contributed by atoms with E-state index in [9.17, 15) is 5.11 Å². The molecule has 3 rings (SSSR count). The number of phenolic OH excluding ortho intramolecular Hbond substituents is 1. The maximum Gasteiger partial charge on any atom is 0.220 e. The van der Waals surface area contributed by atoms with Gasteiger partial charge in [0.05, 0.1) is 23.6 Å². The molecule has 1 saturated heterocycles. The highest BCUT2D eigenvalue weighted by atomic mass is 16.5. The van der Waals surface area contributed by atoms with Gasteiger partial charge in [-0.1, -0.05) is 57.9 Å². The van der Waals surface area contributed by atoms with E-state index in [0.29, 0.717) is 29.5 Å². The Morgan fingerprint density at radius 2 is 1.87 bits per heavy atom. The number of piperidine rings is 1. The van der Waals surface area contributed by atoms with Crippen LogP contribution in [0.15, 0.2) is 24.3 Å². The summed E-state index contributed by atoms with van der Waals surface area (Å²) >= 11 is 0. The highest BCUT2D eigenvalue weighted by Crippen LogP contribution is 2.38. The molecule has 31 heavy (non-hydrogen) atoms. The quantitative estimate of drug-likeness (QED) is 0.393. The minimum atomic E-state index is 0.152. The number of aromatic hydroxyl groups is 1. The lowest BCUT2D eigenvalue weighted by molar-refractivity contribution is 0.304. The third-order valence-electron chi connectivity index (χ3n) is 5.99. The molecule has 1 aliphatic heterocycles. The van der Waals surface area contributed by atoms with Crippen LogP contribution in [0.3, 0.4) is 0 Å². The second-order valence-electron chi connectivity index (χ2n) is 8.55. The smallest absolute Gasteiger partial charge is 0.220 e. The summed E-state index contributed by atoms with van der Waals surface area (Å²) < 4.78 is 6.07. The molecule has 2 aromatic rings. The Balaban J connectivity index is 1.62. The van der Waals surface area contributed by atoms with Crippen molar-refractivity contribution in [1.82, 2.24) is 15.3 Å². The first kappa shape index (κ1) is 23.3. The summed E-state index contributed by atoms with van der Waals surface area (Å²) in [6, 6.07) is 7.31. The summed E-state index contributed by atoms with van der Waals surface area (Å²) in [5, 5.41) is 14.0. The molecule has 0 spiro atoms. The van der Waals surface area contributed by atoms with Gasteiger partial charge in [0.2, 0.25) is 5.95 Å². The summed E-state index contributed by atoms with van der Waals surface area (Å²) in [7, 11) is 0. The Hall–Kier alpha value is -2.34. The Labute approximate surface area is 186 Å². The van der Waals surface area contributed by atoms with Gasteiger partial charge in [-0.25, -0.2) is 9.97 Å². The van der Waals surface area contributed by atoms with Gasteiger partial charge in [0, 0.05) is 12.5 Å². The van der Waals surface area contributed by atoms with E-state index in [-0.39, 0.29) is 11.7 Å². The van der Waals surface area contributed by atoms with Crippen LogP contribution in [-0.4, -0.2) is 34.8 Å². The molecule has 1 aromatic carbocycles. The van der Waals surface area contributed by atoms with Gasteiger partial charge < -0.3 is 20.9 Å². The van der Waals surface area contributed by atoms with Crippen molar-refractivity contribution in [2.45, 2.75) is 77.0 Å². The topological polar surface area (TPSA) is 93.3 Å². The van der Waals surface area contributed by atoms with Crippen molar-refractivity contribution in [1.29, 1.82) is 0 Å². The van der Waals surface area contributed by atoms with Crippen molar-refractivity contribution < 1.29 is 9.84 Å². The molecule has 170 valence electrons. The van der Waals surface area contributed by atoms with Crippen molar-refractivity contribution in [2.24, 2.45) is 0 Å². The molecule has 0 amide bonds. The lowest BCUT2D eigenvalue weighted by Crippen LogP contribution is -2.29. The first-order valence-corrected chi connectivity index (χ1v) is 12.0. The maximum absolute atomic E-state index is 10.6. The highest BCUT2D eigenvalue weighted by Gasteiger charge is 2.20. The number of hydrogen-bond acceptors (Lipinski definition) is 6. The number of nitrogen functional groups attached to an aromatic ring is 1. The fourth-order valence-electron chi connectivity index (χ4n) is 4.24. The Morgan fingerprint density at radius 3 is 2.61 bits per heavy atom. The minimum Gasteiger partial charge on any atom is -0.507 e. The van der Waals surface area contributed by atoms with E-state index in [1.807, 2.05) is 12.1 Å². The van der Waals surface area contributed by atoms with Crippen molar-refractivity contribution in [3.63, 3.8) is 0 Å². The van der Waals surface area contributed by atoms with E-state index in [1.165, 1.54) is 44.9 Å². The molecule has 6 heteroatoms. The number of anilines is 1. The van der Waals surface area contributed by atoms with Crippen LogP contribution in [0.1, 0.15) is 82.7 Å². The molecule has 1 atom stereocenters. The van der Waals surface area contributed by atoms with E-state index in [2.05, 4.69) is 22.2 Å². The van der Waals surface area contributed by atoms with Crippen LogP contribution in [0.2, 0.25) is 0 Å². The standard InChI is InChI=1S/C25H38N4O2/c1-2-3-4-5-6-7-8-9-16-31-23-14-10-13-22(30)24(23)21-17-20(28-25(26)29-21)19-12-11-15-27-18-19/h10,13-14,17,19,27,30H,2-9,11-12,15-16,18H2,1H3,(H2,26,28,29). The zero-order chi connectivity index (χ0) is 21.9. The Bertz CT molecular complexity index is 806. The Kier molecular flexibility index (Phi) is 9.40.